The Hall–Kier alpha value is -0.330. The summed E-state index contributed by atoms with van der Waals surface area (Å²) in [5, 5.41) is 0. The van der Waals surface area contributed by atoms with Crippen molar-refractivity contribution in [1.29, 1.82) is 0 Å². The van der Waals surface area contributed by atoms with Gasteiger partial charge in [0.1, 0.15) is 6.04 Å². The summed E-state index contributed by atoms with van der Waals surface area (Å²) in [5.74, 6) is 0. The SMILES string of the molecule is CCC(N)C(N1CCCN(C)CC1C)C(F)(F)F. The molecule has 6 heteroatoms. The van der Waals surface area contributed by atoms with Crippen LogP contribution < -0.4 is 5.73 Å². The number of hydrogen-bond acceptors (Lipinski definition) is 3. The molecule has 3 unspecified atom stereocenters. The van der Waals surface area contributed by atoms with Crippen LogP contribution >= 0.6 is 0 Å². The van der Waals surface area contributed by atoms with Gasteiger partial charge in [0.25, 0.3) is 0 Å². The van der Waals surface area contributed by atoms with E-state index in [9.17, 15) is 13.2 Å². The molecule has 1 rings (SSSR count). The molecule has 0 aromatic rings. The van der Waals surface area contributed by atoms with Crippen molar-refractivity contribution in [3.8, 4) is 0 Å². The lowest BCUT2D eigenvalue weighted by atomic mass is 10.0. The van der Waals surface area contributed by atoms with E-state index in [0.717, 1.165) is 13.0 Å². The van der Waals surface area contributed by atoms with E-state index < -0.39 is 18.3 Å². The topological polar surface area (TPSA) is 32.5 Å². The second-order valence-corrected chi connectivity index (χ2v) is 5.26. The summed E-state index contributed by atoms with van der Waals surface area (Å²) in [6.45, 7) is 5.51. The zero-order chi connectivity index (χ0) is 13.9. The van der Waals surface area contributed by atoms with Gasteiger partial charge >= 0.3 is 6.18 Å². The Morgan fingerprint density at radius 3 is 2.44 bits per heavy atom. The second-order valence-electron chi connectivity index (χ2n) is 5.26. The molecular weight excluding hydrogens is 243 g/mol. The Morgan fingerprint density at radius 1 is 1.33 bits per heavy atom. The Balaban J connectivity index is 2.90. The van der Waals surface area contributed by atoms with Crippen molar-refractivity contribution >= 4 is 0 Å². The average Bonchev–Trinajstić information content (AvgIpc) is 2.39. The third-order valence-electron chi connectivity index (χ3n) is 3.67. The quantitative estimate of drug-likeness (QED) is 0.844. The van der Waals surface area contributed by atoms with Crippen LogP contribution in [0.2, 0.25) is 0 Å². The van der Waals surface area contributed by atoms with Crippen LogP contribution in [0, 0.1) is 0 Å². The van der Waals surface area contributed by atoms with Crippen molar-refractivity contribution in [2.45, 2.75) is 51.0 Å². The van der Waals surface area contributed by atoms with Gasteiger partial charge in [0.2, 0.25) is 0 Å². The third kappa shape index (κ3) is 3.83. The molecule has 0 bridgehead atoms. The molecule has 1 saturated heterocycles. The van der Waals surface area contributed by atoms with Gasteiger partial charge in [0.15, 0.2) is 0 Å². The number of hydrogen-bond donors (Lipinski definition) is 1. The minimum Gasteiger partial charge on any atom is -0.326 e. The van der Waals surface area contributed by atoms with Gasteiger partial charge < -0.3 is 10.6 Å². The van der Waals surface area contributed by atoms with Gasteiger partial charge in [-0.05, 0) is 33.4 Å². The molecule has 1 heterocycles. The van der Waals surface area contributed by atoms with Crippen LogP contribution in [0.15, 0.2) is 0 Å². The molecule has 0 aromatic heterocycles. The Morgan fingerprint density at radius 2 is 1.94 bits per heavy atom. The first kappa shape index (κ1) is 15.7. The normalized spacial score (nSPS) is 27.8. The van der Waals surface area contributed by atoms with Gasteiger partial charge in [-0.25, -0.2) is 0 Å². The minimum absolute atomic E-state index is 0.123. The molecule has 3 nitrogen and oxygen atoms in total. The fourth-order valence-corrected chi connectivity index (χ4v) is 2.70. The molecule has 0 radical (unpaired) electrons. The van der Waals surface area contributed by atoms with Crippen LogP contribution in [-0.4, -0.2) is 60.8 Å². The van der Waals surface area contributed by atoms with Crippen LogP contribution in [0.1, 0.15) is 26.7 Å². The zero-order valence-corrected chi connectivity index (χ0v) is 11.4. The van der Waals surface area contributed by atoms with Crippen molar-refractivity contribution in [2.75, 3.05) is 26.7 Å². The summed E-state index contributed by atoms with van der Waals surface area (Å²) >= 11 is 0. The molecule has 18 heavy (non-hydrogen) atoms. The molecule has 0 aromatic carbocycles. The lowest BCUT2D eigenvalue weighted by Gasteiger charge is -2.39. The average molecular weight is 267 g/mol. The highest BCUT2D eigenvalue weighted by atomic mass is 19.4. The van der Waals surface area contributed by atoms with Crippen molar-refractivity contribution < 1.29 is 13.2 Å². The first-order valence-corrected chi connectivity index (χ1v) is 6.54. The standard InChI is InChI=1S/C12H24F3N3/c1-4-10(16)11(12(13,14)15)18-7-5-6-17(3)8-9(18)2/h9-11H,4-8,16H2,1-3H3. The molecule has 0 amide bonds. The Bertz CT molecular complexity index is 257. The van der Waals surface area contributed by atoms with Crippen molar-refractivity contribution in [2.24, 2.45) is 5.73 Å². The van der Waals surface area contributed by atoms with Gasteiger partial charge in [-0.15, -0.1) is 0 Å². The van der Waals surface area contributed by atoms with E-state index in [2.05, 4.69) is 4.90 Å². The highest BCUT2D eigenvalue weighted by molar-refractivity contribution is 4.91. The molecule has 108 valence electrons. The first-order valence-electron chi connectivity index (χ1n) is 6.54. The summed E-state index contributed by atoms with van der Waals surface area (Å²) in [4.78, 5) is 3.62. The summed E-state index contributed by atoms with van der Waals surface area (Å²) in [6, 6.07) is -2.50. The third-order valence-corrected chi connectivity index (χ3v) is 3.67. The van der Waals surface area contributed by atoms with Crippen LogP contribution in [0.3, 0.4) is 0 Å². The number of nitrogens with zero attached hydrogens (tertiary/aromatic N) is 2. The molecule has 0 aliphatic carbocycles. The minimum atomic E-state index is -4.26. The molecule has 0 saturated carbocycles. The van der Waals surface area contributed by atoms with E-state index in [1.807, 2.05) is 14.0 Å². The van der Waals surface area contributed by atoms with Gasteiger partial charge in [0, 0.05) is 25.2 Å². The molecular formula is C12H24F3N3. The molecule has 2 N–H and O–H groups in total. The maximum absolute atomic E-state index is 13.2. The van der Waals surface area contributed by atoms with Crippen LogP contribution in [-0.2, 0) is 0 Å². The van der Waals surface area contributed by atoms with E-state index in [4.69, 9.17) is 5.73 Å². The predicted octanol–water partition coefficient (Wildman–Crippen LogP) is 1.68. The number of alkyl halides is 3. The van der Waals surface area contributed by atoms with Crippen LogP contribution in [0.4, 0.5) is 13.2 Å². The lowest BCUT2D eigenvalue weighted by molar-refractivity contribution is -0.194. The first-order chi connectivity index (χ1) is 8.27. The summed E-state index contributed by atoms with van der Waals surface area (Å²) in [5.41, 5.74) is 5.71. The highest BCUT2D eigenvalue weighted by Gasteiger charge is 2.48. The Kier molecular flexibility index (Phi) is 5.43. The molecule has 1 aliphatic heterocycles. The maximum atomic E-state index is 13.2. The van der Waals surface area contributed by atoms with Crippen LogP contribution in [0.25, 0.3) is 0 Å². The highest BCUT2D eigenvalue weighted by Crippen LogP contribution is 2.30. The monoisotopic (exact) mass is 267 g/mol. The molecule has 1 fully saturated rings. The fourth-order valence-electron chi connectivity index (χ4n) is 2.70. The number of likely N-dealkylation sites (N-methyl/N-ethyl adjacent to an activating group) is 1. The smallest absolute Gasteiger partial charge is 0.326 e. The second kappa shape index (κ2) is 6.21. The fraction of sp³-hybridized carbons (Fsp3) is 1.00. The van der Waals surface area contributed by atoms with Gasteiger partial charge in [-0.1, -0.05) is 6.92 Å². The molecule has 3 atom stereocenters. The number of nitrogens with two attached hydrogens (primary N) is 1. The Labute approximate surface area is 107 Å². The van der Waals surface area contributed by atoms with Crippen molar-refractivity contribution in [3.05, 3.63) is 0 Å². The molecule has 1 aliphatic rings. The zero-order valence-electron chi connectivity index (χ0n) is 11.4. The van der Waals surface area contributed by atoms with Gasteiger partial charge in [-0.3, -0.25) is 4.90 Å². The van der Waals surface area contributed by atoms with E-state index in [1.54, 1.807) is 6.92 Å². The summed E-state index contributed by atoms with van der Waals surface area (Å²) < 4.78 is 39.6. The molecule has 0 spiro atoms. The predicted molar refractivity (Wildman–Crippen MR) is 66.4 cm³/mol. The largest absolute Gasteiger partial charge is 0.405 e. The van der Waals surface area contributed by atoms with Gasteiger partial charge in [0.05, 0.1) is 0 Å². The number of rotatable bonds is 3. The van der Waals surface area contributed by atoms with E-state index in [0.29, 0.717) is 19.5 Å². The van der Waals surface area contributed by atoms with E-state index in [-0.39, 0.29) is 6.04 Å². The summed E-state index contributed by atoms with van der Waals surface area (Å²) in [6.07, 6.45) is -3.17. The van der Waals surface area contributed by atoms with Crippen molar-refractivity contribution in [1.82, 2.24) is 9.80 Å². The van der Waals surface area contributed by atoms with E-state index in [1.165, 1.54) is 4.90 Å². The van der Waals surface area contributed by atoms with Crippen LogP contribution in [0.5, 0.6) is 0 Å². The van der Waals surface area contributed by atoms with Crippen molar-refractivity contribution in [3.63, 3.8) is 0 Å². The maximum Gasteiger partial charge on any atom is 0.405 e. The number of halogens is 3. The summed E-state index contributed by atoms with van der Waals surface area (Å²) in [7, 11) is 1.95. The lowest BCUT2D eigenvalue weighted by Crippen LogP contribution is -2.59. The van der Waals surface area contributed by atoms with E-state index >= 15 is 0 Å². The van der Waals surface area contributed by atoms with Gasteiger partial charge in [-0.2, -0.15) is 13.2 Å².